The summed E-state index contributed by atoms with van der Waals surface area (Å²) in [6.45, 7) is 8.13. The first-order chi connectivity index (χ1) is 9.15. The molecule has 0 N–H and O–H groups in total. The molecule has 1 saturated heterocycles. The molecular formula is C16H21N3. The minimum Gasteiger partial charge on any atom is -0.302 e. The lowest BCUT2D eigenvalue weighted by Gasteiger charge is -2.58. The molecular weight excluding hydrogens is 234 g/mol. The van der Waals surface area contributed by atoms with E-state index >= 15 is 0 Å². The van der Waals surface area contributed by atoms with Crippen LogP contribution in [0.2, 0.25) is 0 Å². The van der Waals surface area contributed by atoms with E-state index in [2.05, 4.69) is 52.5 Å². The lowest BCUT2D eigenvalue weighted by atomic mass is 9.58. The Hall–Kier alpha value is -1.35. The Labute approximate surface area is 114 Å². The van der Waals surface area contributed by atoms with E-state index < -0.39 is 0 Å². The molecule has 2 aromatic rings. The largest absolute Gasteiger partial charge is 0.302 e. The second-order valence-corrected chi connectivity index (χ2v) is 6.73. The van der Waals surface area contributed by atoms with E-state index in [1.807, 2.05) is 0 Å². The quantitative estimate of drug-likeness (QED) is 0.822. The zero-order valence-corrected chi connectivity index (χ0v) is 11.8. The van der Waals surface area contributed by atoms with Gasteiger partial charge in [-0.3, -0.25) is 4.90 Å². The highest BCUT2D eigenvalue weighted by molar-refractivity contribution is 5.42. The summed E-state index contributed by atoms with van der Waals surface area (Å²) in [6.07, 6.45) is 5.01. The summed E-state index contributed by atoms with van der Waals surface area (Å²) in [5.74, 6) is 0.958. The molecule has 19 heavy (non-hydrogen) atoms. The normalized spacial score (nSPS) is 22.6. The molecule has 0 unspecified atom stereocenters. The van der Waals surface area contributed by atoms with Crippen LogP contribution in [0.5, 0.6) is 0 Å². The average molecular weight is 255 g/mol. The van der Waals surface area contributed by atoms with Crippen LogP contribution in [0.25, 0.3) is 5.65 Å². The van der Waals surface area contributed by atoms with Crippen molar-refractivity contribution in [1.82, 2.24) is 14.3 Å². The molecule has 0 amide bonds. The molecule has 3 nitrogen and oxygen atoms in total. The zero-order valence-electron chi connectivity index (χ0n) is 11.8. The second-order valence-electron chi connectivity index (χ2n) is 6.73. The third-order valence-electron chi connectivity index (χ3n) is 4.88. The van der Waals surface area contributed by atoms with Crippen LogP contribution < -0.4 is 0 Å². The fourth-order valence-electron chi connectivity index (χ4n) is 4.26. The van der Waals surface area contributed by atoms with E-state index in [1.165, 1.54) is 37.3 Å². The number of pyridine rings is 1. The minimum absolute atomic E-state index is 0.688. The molecule has 1 aliphatic carbocycles. The number of fused-ring (bicyclic) bond motifs is 1. The number of nitrogens with zero attached hydrogens (tertiary/aromatic N) is 3. The topological polar surface area (TPSA) is 20.5 Å². The van der Waals surface area contributed by atoms with Crippen molar-refractivity contribution in [2.24, 2.45) is 11.3 Å². The van der Waals surface area contributed by atoms with Gasteiger partial charge in [-0.05, 0) is 43.2 Å². The molecule has 0 radical (unpaired) electrons. The number of hydrogen-bond acceptors (Lipinski definition) is 2. The molecule has 1 spiro atoms. The Bertz CT molecular complexity index is 614. The van der Waals surface area contributed by atoms with E-state index in [0.29, 0.717) is 5.41 Å². The molecule has 2 fully saturated rings. The maximum atomic E-state index is 4.64. The van der Waals surface area contributed by atoms with E-state index in [9.17, 15) is 0 Å². The van der Waals surface area contributed by atoms with Gasteiger partial charge in [0.25, 0.3) is 0 Å². The Morgan fingerprint density at radius 3 is 2.84 bits per heavy atom. The first-order valence-electron chi connectivity index (χ1n) is 7.30. The van der Waals surface area contributed by atoms with Gasteiger partial charge >= 0.3 is 0 Å². The fourth-order valence-corrected chi connectivity index (χ4v) is 4.26. The summed E-state index contributed by atoms with van der Waals surface area (Å²) in [5.41, 5.74) is 4.29. The van der Waals surface area contributed by atoms with Crippen molar-refractivity contribution in [2.75, 3.05) is 13.1 Å². The van der Waals surface area contributed by atoms with Gasteiger partial charge in [0.2, 0.25) is 0 Å². The van der Waals surface area contributed by atoms with Crippen molar-refractivity contribution in [2.45, 2.75) is 33.2 Å². The molecule has 3 heteroatoms. The Kier molecular flexibility index (Phi) is 2.31. The highest BCUT2D eigenvalue weighted by atomic mass is 15.2. The summed E-state index contributed by atoms with van der Waals surface area (Å²) in [4.78, 5) is 7.22. The molecule has 2 aliphatic rings. The lowest BCUT2D eigenvalue weighted by Crippen LogP contribution is -2.61. The smallest absolute Gasteiger partial charge is 0.137 e. The molecule has 0 aromatic carbocycles. The highest BCUT2D eigenvalue weighted by Gasteiger charge is 2.50. The zero-order chi connectivity index (χ0) is 13.0. The highest BCUT2D eigenvalue weighted by Crippen LogP contribution is 2.51. The van der Waals surface area contributed by atoms with Gasteiger partial charge in [0.05, 0.1) is 11.4 Å². The monoisotopic (exact) mass is 255 g/mol. The molecule has 4 rings (SSSR count). The Morgan fingerprint density at radius 2 is 2.11 bits per heavy atom. The molecule has 100 valence electrons. The number of rotatable bonds is 2. The molecule has 3 heterocycles. The van der Waals surface area contributed by atoms with Crippen molar-refractivity contribution in [3.8, 4) is 0 Å². The predicted molar refractivity (Wildman–Crippen MR) is 76.0 cm³/mol. The number of imidazole rings is 1. The van der Waals surface area contributed by atoms with Crippen LogP contribution in [-0.4, -0.2) is 27.4 Å². The van der Waals surface area contributed by atoms with Gasteiger partial charge in [-0.1, -0.05) is 13.0 Å². The standard InChI is InChI=1S/C16H21N3/c1-12-7-16(8-12)10-18(11-16)9-14-13(2)17-15-5-3-4-6-19(14)15/h3-6,12H,7-11H2,1-2H3. The number of aromatic nitrogens is 2. The van der Waals surface area contributed by atoms with Gasteiger partial charge in [0.15, 0.2) is 0 Å². The van der Waals surface area contributed by atoms with Crippen LogP contribution in [0.4, 0.5) is 0 Å². The number of aryl methyl sites for hydroxylation is 1. The average Bonchev–Trinajstić information content (AvgIpc) is 2.61. The number of likely N-dealkylation sites (tertiary alicyclic amines) is 1. The molecule has 1 saturated carbocycles. The van der Waals surface area contributed by atoms with Crippen molar-refractivity contribution < 1.29 is 0 Å². The van der Waals surface area contributed by atoms with Crippen molar-refractivity contribution in [1.29, 1.82) is 0 Å². The van der Waals surface area contributed by atoms with Crippen LogP contribution in [-0.2, 0) is 6.54 Å². The summed E-state index contributed by atoms with van der Waals surface area (Å²) < 4.78 is 2.24. The number of hydrogen-bond donors (Lipinski definition) is 0. The van der Waals surface area contributed by atoms with Crippen LogP contribution >= 0.6 is 0 Å². The van der Waals surface area contributed by atoms with Gasteiger partial charge in [0.1, 0.15) is 5.65 Å². The van der Waals surface area contributed by atoms with E-state index in [-0.39, 0.29) is 0 Å². The van der Waals surface area contributed by atoms with Crippen LogP contribution in [0.3, 0.4) is 0 Å². The van der Waals surface area contributed by atoms with Gasteiger partial charge in [-0.2, -0.15) is 0 Å². The van der Waals surface area contributed by atoms with Gasteiger partial charge in [-0.15, -0.1) is 0 Å². The maximum absolute atomic E-state index is 4.64. The summed E-state index contributed by atoms with van der Waals surface area (Å²) in [6, 6.07) is 6.23. The van der Waals surface area contributed by atoms with E-state index in [4.69, 9.17) is 0 Å². The van der Waals surface area contributed by atoms with E-state index in [0.717, 1.165) is 18.1 Å². The molecule has 0 bridgehead atoms. The first-order valence-corrected chi connectivity index (χ1v) is 7.30. The van der Waals surface area contributed by atoms with Gasteiger partial charge in [0, 0.05) is 25.8 Å². The summed E-state index contributed by atoms with van der Waals surface area (Å²) >= 11 is 0. The summed E-state index contributed by atoms with van der Waals surface area (Å²) in [5, 5.41) is 0. The Morgan fingerprint density at radius 1 is 1.32 bits per heavy atom. The second kappa shape index (κ2) is 3.83. The van der Waals surface area contributed by atoms with Crippen LogP contribution in [0.15, 0.2) is 24.4 Å². The Balaban J connectivity index is 1.52. The van der Waals surface area contributed by atoms with Crippen LogP contribution in [0.1, 0.15) is 31.2 Å². The SMILES string of the molecule is Cc1nc2ccccn2c1CN1CC2(CC(C)C2)C1. The van der Waals surface area contributed by atoms with E-state index in [1.54, 1.807) is 0 Å². The van der Waals surface area contributed by atoms with Crippen molar-refractivity contribution in [3.05, 3.63) is 35.8 Å². The van der Waals surface area contributed by atoms with Crippen molar-refractivity contribution >= 4 is 5.65 Å². The maximum Gasteiger partial charge on any atom is 0.137 e. The predicted octanol–water partition coefficient (Wildman–Crippen LogP) is 2.87. The minimum atomic E-state index is 0.688. The van der Waals surface area contributed by atoms with Gasteiger partial charge in [-0.25, -0.2) is 4.98 Å². The lowest BCUT2D eigenvalue weighted by molar-refractivity contribution is -0.0937. The third-order valence-corrected chi connectivity index (χ3v) is 4.88. The molecule has 0 atom stereocenters. The van der Waals surface area contributed by atoms with Crippen molar-refractivity contribution in [3.63, 3.8) is 0 Å². The third kappa shape index (κ3) is 1.71. The molecule has 1 aliphatic heterocycles. The van der Waals surface area contributed by atoms with Gasteiger partial charge < -0.3 is 4.40 Å². The molecule has 2 aromatic heterocycles. The van der Waals surface area contributed by atoms with Crippen LogP contribution in [0, 0.1) is 18.3 Å². The summed E-state index contributed by atoms with van der Waals surface area (Å²) in [7, 11) is 0. The fraction of sp³-hybridized carbons (Fsp3) is 0.562. The first kappa shape index (κ1) is 11.5.